The molecule has 0 fully saturated rings. The summed E-state index contributed by atoms with van der Waals surface area (Å²) in [6.07, 6.45) is 1.34. The van der Waals surface area contributed by atoms with Crippen LogP contribution < -0.4 is 20.4 Å². The Morgan fingerprint density at radius 2 is 1.32 bits per heavy atom. The van der Waals surface area contributed by atoms with Crippen molar-refractivity contribution in [1.82, 2.24) is 29.9 Å². The summed E-state index contributed by atoms with van der Waals surface area (Å²) < 4.78 is 0. The average Bonchev–Trinajstić information content (AvgIpc) is 3.08. The number of nitrogens with zero attached hydrogens (tertiary/aromatic N) is 10. The maximum absolute atomic E-state index is 10.8. The van der Waals surface area contributed by atoms with Crippen LogP contribution in [0, 0.1) is 0 Å². The second-order valence-corrected chi connectivity index (χ2v) is 6.42. The van der Waals surface area contributed by atoms with Crippen molar-refractivity contribution in [1.29, 1.82) is 0 Å². The Morgan fingerprint density at radius 3 is 1.64 bits per heavy atom. The van der Waals surface area contributed by atoms with E-state index in [9.17, 15) is 4.79 Å². The number of nitrogens with two attached hydrogens (primary N) is 1. The SMILES string of the molecule is CN(C)N=Nc1nc[nH]c1C(N)=O.CN(C)c1nc(N(C)C)nc(N(C)C)n1. The van der Waals surface area contributed by atoms with E-state index in [4.69, 9.17) is 5.73 Å². The van der Waals surface area contributed by atoms with Gasteiger partial charge in [-0.25, -0.2) is 4.98 Å². The Kier molecular flexibility index (Phi) is 8.04. The normalized spacial score (nSPS) is 10.3. The molecular formula is C15H28N12O. The molecule has 0 aromatic carbocycles. The molecule has 1 amide bonds. The quantitative estimate of drug-likeness (QED) is 0.517. The third kappa shape index (κ3) is 6.66. The number of primary amides is 1. The number of H-pyrrole nitrogens is 1. The molecule has 0 aliphatic rings. The van der Waals surface area contributed by atoms with Gasteiger partial charge < -0.3 is 25.4 Å². The zero-order valence-electron chi connectivity index (χ0n) is 17.5. The van der Waals surface area contributed by atoms with E-state index >= 15 is 0 Å². The Hall–Kier alpha value is -3.51. The first-order chi connectivity index (χ1) is 13.0. The summed E-state index contributed by atoms with van der Waals surface area (Å²) in [5.41, 5.74) is 5.20. The zero-order chi connectivity index (χ0) is 21.4. The summed E-state index contributed by atoms with van der Waals surface area (Å²) in [5, 5.41) is 8.86. The molecule has 13 heteroatoms. The number of imidazole rings is 1. The largest absolute Gasteiger partial charge is 0.364 e. The van der Waals surface area contributed by atoms with E-state index in [-0.39, 0.29) is 11.5 Å². The van der Waals surface area contributed by atoms with Gasteiger partial charge in [0, 0.05) is 56.4 Å². The van der Waals surface area contributed by atoms with Crippen molar-refractivity contribution < 1.29 is 4.79 Å². The van der Waals surface area contributed by atoms with E-state index in [1.54, 1.807) is 14.1 Å². The molecule has 0 unspecified atom stereocenters. The van der Waals surface area contributed by atoms with Gasteiger partial charge in [-0.05, 0) is 0 Å². The third-order valence-electron chi connectivity index (χ3n) is 2.98. The number of hydrogen-bond donors (Lipinski definition) is 2. The molecule has 2 rings (SSSR count). The van der Waals surface area contributed by atoms with Gasteiger partial charge in [0.25, 0.3) is 5.91 Å². The van der Waals surface area contributed by atoms with E-state index in [0.717, 1.165) is 0 Å². The van der Waals surface area contributed by atoms with Crippen LogP contribution in [0.25, 0.3) is 0 Å². The van der Waals surface area contributed by atoms with Gasteiger partial charge in [-0.2, -0.15) is 15.0 Å². The number of carbonyl (C=O) groups excluding carboxylic acids is 1. The smallest absolute Gasteiger partial charge is 0.269 e. The molecule has 154 valence electrons. The Balaban J connectivity index is 0.000000283. The van der Waals surface area contributed by atoms with E-state index in [0.29, 0.717) is 17.8 Å². The van der Waals surface area contributed by atoms with Gasteiger partial charge in [0.1, 0.15) is 0 Å². The minimum atomic E-state index is -0.606. The highest BCUT2D eigenvalue weighted by Gasteiger charge is 2.11. The van der Waals surface area contributed by atoms with Crippen LogP contribution in [0.2, 0.25) is 0 Å². The molecule has 0 spiro atoms. The van der Waals surface area contributed by atoms with Crippen LogP contribution in [0.4, 0.5) is 23.7 Å². The maximum atomic E-state index is 10.8. The molecule has 0 aliphatic heterocycles. The first kappa shape index (κ1) is 22.5. The van der Waals surface area contributed by atoms with Crippen LogP contribution >= 0.6 is 0 Å². The Morgan fingerprint density at radius 1 is 0.893 bits per heavy atom. The van der Waals surface area contributed by atoms with Crippen LogP contribution in [0.5, 0.6) is 0 Å². The highest BCUT2D eigenvalue weighted by molar-refractivity contribution is 5.94. The lowest BCUT2D eigenvalue weighted by Crippen LogP contribution is -2.22. The fourth-order valence-electron chi connectivity index (χ4n) is 1.62. The Labute approximate surface area is 164 Å². The van der Waals surface area contributed by atoms with E-state index < -0.39 is 5.91 Å². The van der Waals surface area contributed by atoms with E-state index in [2.05, 4.69) is 35.3 Å². The summed E-state index contributed by atoms with van der Waals surface area (Å²) in [6, 6.07) is 0. The number of nitrogens with one attached hydrogen (secondary N) is 1. The molecule has 0 bridgehead atoms. The topological polar surface area (TPSA) is 148 Å². The molecular weight excluding hydrogens is 364 g/mol. The monoisotopic (exact) mass is 392 g/mol. The highest BCUT2D eigenvalue weighted by atomic mass is 16.1. The summed E-state index contributed by atoms with van der Waals surface area (Å²) in [6.45, 7) is 0. The van der Waals surface area contributed by atoms with Crippen molar-refractivity contribution in [3.63, 3.8) is 0 Å². The minimum absolute atomic E-state index is 0.158. The molecule has 0 aliphatic carbocycles. The number of rotatable bonds is 6. The van der Waals surface area contributed by atoms with Crippen molar-refractivity contribution in [2.24, 2.45) is 16.1 Å². The van der Waals surface area contributed by atoms with Crippen LogP contribution in [-0.2, 0) is 0 Å². The summed E-state index contributed by atoms with van der Waals surface area (Å²) >= 11 is 0. The number of hydrogen-bond acceptors (Lipinski definition) is 10. The molecule has 3 N–H and O–H groups in total. The van der Waals surface area contributed by atoms with E-state index in [1.807, 2.05) is 57.0 Å². The lowest BCUT2D eigenvalue weighted by Gasteiger charge is -2.18. The summed E-state index contributed by atoms with van der Waals surface area (Å²) in [4.78, 5) is 35.6. The summed E-state index contributed by atoms with van der Waals surface area (Å²) in [5.74, 6) is 1.58. The molecule has 13 nitrogen and oxygen atoms in total. The molecule has 28 heavy (non-hydrogen) atoms. The van der Waals surface area contributed by atoms with Crippen molar-refractivity contribution in [3.8, 4) is 0 Å². The lowest BCUT2D eigenvalue weighted by atomic mass is 10.4. The van der Waals surface area contributed by atoms with Crippen molar-refractivity contribution in [2.75, 3.05) is 71.1 Å². The van der Waals surface area contributed by atoms with E-state index in [1.165, 1.54) is 11.3 Å². The molecule has 0 radical (unpaired) electrons. The number of anilines is 3. The second-order valence-electron chi connectivity index (χ2n) is 6.42. The van der Waals surface area contributed by atoms with Crippen LogP contribution in [-0.4, -0.2) is 92.2 Å². The van der Waals surface area contributed by atoms with Crippen molar-refractivity contribution in [2.45, 2.75) is 0 Å². The zero-order valence-corrected chi connectivity index (χ0v) is 17.5. The number of carbonyl (C=O) groups is 1. The van der Waals surface area contributed by atoms with Gasteiger partial charge in [0.05, 0.1) is 6.33 Å². The molecule has 0 saturated heterocycles. The van der Waals surface area contributed by atoms with Crippen LogP contribution in [0.3, 0.4) is 0 Å². The minimum Gasteiger partial charge on any atom is -0.364 e. The number of aromatic amines is 1. The predicted molar refractivity (Wildman–Crippen MR) is 108 cm³/mol. The molecule has 2 aromatic rings. The maximum Gasteiger partial charge on any atom is 0.269 e. The highest BCUT2D eigenvalue weighted by Crippen LogP contribution is 2.14. The molecule has 0 atom stereocenters. The number of amides is 1. The first-order valence-corrected chi connectivity index (χ1v) is 8.23. The predicted octanol–water partition coefficient (Wildman–Crippen LogP) is 0.139. The van der Waals surface area contributed by atoms with Crippen molar-refractivity contribution >= 4 is 29.6 Å². The second kappa shape index (κ2) is 9.99. The van der Waals surface area contributed by atoms with Crippen LogP contribution in [0.15, 0.2) is 16.7 Å². The first-order valence-electron chi connectivity index (χ1n) is 8.23. The lowest BCUT2D eigenvalue weighted by molar-refractivity contribution is 0.0996. The fourth-order valence-corrected chi connectivity index (χ4v) is 1.62. The van der Waals surface area contributed by atoms with Gasteiger partial charge in [-0.3, -0.25) is 9.80 Å². The van der Waals surface area contributed by atoms with Gasteiger partial charge in [0.2, 0.25) is 23.7 Å². The van der Waals surface area contributed by atoms with Gasteiger partial charge in [-0.1, -0.05) is 5.22 Å². The van der Waals surface area contributed by atoms with Gasteiger partial charge in [-0.15, -0.1) is 5.11 Å². The fraction of sp³-hybridized carbons (Fsp3) is 0.533. The third-order valence-corrected chi connectivity index (χ3v) is 2.98. The number of aromatic nitrogens is 5. The van der Waals surface area contributed by atoms with Crippen LogP contribution in [0.1, 0.15) is 10.5 Å². The average molecular weight is 392 g/mol. The molecule has 2 aromatic heterocycles. The van der Waals surface area contributed by atoms with Gasteiger partial charge >= 0.3 is 0 Å². The van der Waals surface area contributed by atoms with Crippen molar-refractivity contribution in [3.05, 3.63) is 12.0 Å². The van der Waals surface area contributed by atoms with Gasteiger partial charge in [0.15, 0.2) is 5.69 Å². The standard InChI is InChI=1S/C9H18N6.C6H10N6O/c1-13(2)7-10-8(14(3)4)12-9(11-7)15(5)6;1-12(2)11-10-6-4(5(7)13)8-3-9-6/h1-6H3;3H,1-2H3,(H2,7,13)(H,8,9). The molecule has 2 heterocycles. The Bertz CT molecular complexity index is 731. The summed E-state index contributed by atoms with van der Waals surface area (Å²) in [7, 11) is 14.9. The molecule has 0 saturated carbocycles.